The van der Waals surface area contributed by atoms with Crippen LogP contribution in [0.25, 0.3) is 0 Å². The van der Waals surface area contributed by atoms with Crippen molar-refractivity contribution >= 4 is 45.0 Å². The zero-order valence-corrected chi connectivity index (χ0v) is 11.3. The molecule has 1 aromatic carbocycles. The number of benzene rings is 1. The number of carbonyl (C=O) groups is 1. The Morgan fingerprint density at radius 1 is 1.39 bits per heavy atom. The zero-order chi connectivity index (χ0) is 13.1. The van der Waals surface area contributed by atoms with Crippen molar-refractivity contribution in [1.82, 2.24) is 5.32 Å². The summed E-state index contributed by atoms with van der Waals surface area (Å²) in [4.78, 5) is 10.9. The van der Waals surface area contributed by atoms with Crippen molar-refractivity contribution in [2.24, 2.45) is 10.2 Å². The monoisotopic (exact) mass is 329 g/mol. The second-order valence-electron chi connectivity index (χ2n) is 3.32. The fourth-order valence-corrected chi connectivity index (χ4v) is 2.28. The lowest BCUT2D eigenvalue weighted by atomic mass is 10.2. The van der Waals surface area contributed by atoms with Crippen molar-refractivity contribution in [3.63, 3.8) is 0 Å². The van der Waals surface area contributed by atoms with Gasteiger partial charge in [0.25, 0.3) is 0 Å². The summed E-state index contributed by atoms with van der Waals surface area (Å²) in [7, 11) is 0. The molecular weight excluding hydrogens is 322 g/mol. The SMILES string of the molecule is O=C1CSC(=NN=Cc2c(O)ccc(O)c2Br)N1. The number of halogens is 1. The topological polar surface area (TPSA) is 94.3 Å². The minimum atomic E-state index is -0.115. The van der Waals surface area contributed by atoms with E-state index in [-0.39, 0.29) is 17.4 Å². The van der Waals surface area contributed by atoms with E-state index < -0.39 is 0 Å². The molecule has 0 saturated carbocycles. The maximum absolute atomic E-state index is 10.9. The van der Waals surface area contributed by atoms with E-state index in [1.54, 1.807) is 0 Å². The highest BCUT2D eigenvalue weighted by Gasteiger charge is 2.16. The highest BCUT2D eigenvalue weighted by molar-refractivity contribution is 9.10. The van der Waals surface area contributed by atoms with Gasteiger partial charge in [0.2, 0.25) is 5.91 Å². The third-order valence-electron chi connectivity index (χ3n) is 2.06. The quantitative estimate of drug-likeness (QED) is 0.434. The van der Waals surface area contributed by atoms with Crippen LogP contribution >= 0.6 is 27.7 Å². The van der Waals surface area contributed by atoms with Crippen LogP contribution in [0.3, 0.4) is 0 Å². The summed E-state index contributed by atoms with van der Waals surface area (Å²) < 4.78 is 0.328. The second-order valence-corrected chi connectivity index (χ2v) is 5.08. The van der Waals surface area contributed by atoms with Gasteiger partial charge in [0.1, 0.15) is 11.5 Å². The van der Waals surface area contributed by atoms with Crippen LogP contribution in [0.2, 0.25) is 0 Å². The molecule has 1 aliphatic heterocycles. The first-order valence-corrected chi connectivity index (χ1v) is 6.60. The lowest BCUT2D eigenvalue weighted by Gasteiger charge is -2.02. The van der Waals surface area contributed by atoms with Crippen molar-refractivity contribution in [2.45, 2.75) is 0 Å². The van der Waals surface area contributed by atoms with Gasteiger partial charge in [-0.1, -0.05) is 11.8 Å². The number of amidine groups is 1. The van der Waals surface area contributed by atoms with Gasteiger partial charge < -0.3 is 15.5 Å². The summed E-state index contributed by atoms with van der Waals surface area (Å²) in [5.41, 5.74) is 0.314. The highest BCUT2D eigenvalue weighted by atomic mass is 79.9. The molecular formula is C10H8BrN3O3S. The molecule has 0 spiro atoms. The Morgan fingerprint density at radius 3 is 2.78 bits per heavy atom. The van der Waals surface area contributed by atoms with Gasteiger partial charge in [-0.3, -0.25) is 4.79 Å². The number of aromatic hydroxyl groups is 2. The molecule has 0 aliphatic carbocycles. The minimum absolute atomic E-state index is 0.00885. The van der Waals surface area contributed by atoms with Crippen LogP contribution in [0.15, 0.2) is 26.8 Å². The third-order valence-corrected chi connectivity index (χ3v) is 3.76. The Hall–Kier alpha value is -1.54. The Morgan fingerprint density at radius 2 is 2.11 bits per heavy atom. The van der Waals surface area contributed by atoms with Crippen molar-refractivity contribution in [3.8, 4) is 11.5 Å². The van der Waals surface area contributed by atoms with Gasteiger partial charge in [0.05, 0.1) is 22.0 Å². The van der Waals surface area contributed by atoms with Crippen LogP contribution in [-0.4, -0.2) is 33.3 Å². The first-order chi connectivity index (χ1) is 8.58. The first kappa shape index (κ1) is 12.9. The number of hydrogen-bond donors (Lipinski definition) is 3. The summed E-state index contributed by atoms with van der Waals surface area (Å²) in [6.07, 6.45) is 1.29. The molecule has 1 aromatic rings. The maximum Gasteiger partial charge on any atom is 0.236 e. The van der Waals surface area contributed by atoms with E-state index >= 15 is 0 Å². The molecule has 0 aromatic heterocycles. The number of nitrogens with one attached hydrogen (secondary N) is 1. The molecule has 1 heterocycles. The number of phenolic OH excluding ortho intramolecular Hbond substituents is 2. The maximum atomic E-state index is 10.9. The summed E-state index contributed by atoms with van der Waals surface area (Å²) in [5.74, 6) is 0.169. The van der Waals surface area contributed by atoms with Crippen LogP contribution in [0.4, 0.5) is 0 Å². The smallest absolute Gasteiger partial charge is 0.236 e. The second kappa shape index (κ2) is 5.40. The van der Waals surface area contributed by atoms with Crippen LogP contribution in [-0.2, 0) is 4.79 Å². The Balaban J connectivity index is 2.19. The average Bonchev–Trinajstić information content (AvgIpc) is 2.74. The minimum Gasteiger partial charge on any atom is -0.507 e. The third kappa shape index (κ3) is 2.82. The number of nitrogens with zero attached hydrogens (tertiary/aromatic N) is 2. The molecule has 8 heteroatoms. The number of hydrogen-bond acceptors (Lipinski definition) is 6. The predicted octanol–water partition coefficient (Wildman–Crippen LogP) is 1.41. The summed E-state index contributed by atoms with van der Waals surface area (Å²) in [6.45, 7) is 0. The van der Waals surface area contributed by atoms with Crippen LogP contribution in [0, 0.1) is 0 Å². The number of thioether (sulfide) groups is 1. The normalized spacial score (nSPS) is 17.6. The van der Waals surface area contributed by atoms with E-state index in [1.165, 1.54) is 30.1 Å². The number of amides is 1. The molecule has 1 fully saturated rings. The van der Waals surface area contributed by atoms with Gasteiger partial charge in [0.15, 0.2) is 5.17 Å². The molecule has 18 heavy (non-hydrogen) atoms. The molecule has 1 aliphatic rings. The van der Waals surface area contributed by atoms with E-state index in [2.05, 4.69) is 31.4 Å². The fraction of sp³-hybridized carbons (Fsp3) is 0.100. The largest absolute Gasteiger partial charge is 0.507 e. The van der Waals surface area contributed by atoms with Crippen LogP contribution in [0.1, 0.15) is 5.56 Å². The molecule has 2 rings (SSSR count). The van der Waals surface area contributed by atoms with E-state index in [0.29, 0.717) is 21.0 Å². The molecule has 94 valence electrons. The Kier molecular flexibility index (Phi) is 3.87. The molecule has 1 amide bonds. The fourth-order valence-electron chi connectivity index (χ4n) is 1.21. The molecule has 0 bridgehead atoms. The van der Waals surface area contributed by atoms with Gasteiger partial charge in [-0.05, 0) is 28.1 Å². The first-order valence-electron chi connectivity index (χ1n) is 4.82. The molecule has 6 nitrogen and oxygen atoms in total. The van der Waals surface area contributed by atoms with Crippen molar-refractivity contribution in [2.75, 3.05) is 5.75 Å². The van der Waals surface area contributed by atoms with Crippen molar-refractivity contribution in [1.29, 1.82) is 0 Å². The standard InChI is InChI=1S/C10H8BrN3O3S/c11-9-5(6(15)1-2-7(9)16)3-12-14-10-13-8(17)4-18-10/h1-3,15-16H,4H2,(H,13,14,17). The van der Waals surface area contributed by atoms with Crippen molar-refractivity contribution < 1.29 is 15.0 Å². The van der Waals surface area contributed by atoms with E-state index in [1.807, 2.05) is 0 Å². The van der Waals surface area contributed by atoms with Gasteiger partial charge in [-0.2, -0.15) is 5.10 Å². The Labute approximate surface area is 115 Å². The van der Waals surface area contributed by atoms with E-state index in [9.17, 15) is 15.0 Å². The highest BCUT2D eigenvalue weighted by Crippen LogP contribution is 2.32. The molecule has 3 N–H and O–H groups in total. The molecule has 1 saturated heterocycles. The molecule has 0 unspecified atom stereocenters. The number of phenols is 2. The Bertz CT molecular complexity index is 560. The molecule has 0 atom stereocenters. The summed E-state index contributed by atoms with van der Waals surface area (Å²) in [6, 6.07) is 2.70. The predicted molar refractivity (Wildman–Crippen MR) is 73.1 cm³/mol. The van der Waals surface area contributed by atoms with E-state index in [4.69, 9.17) is 0 Å². The lowest BCUT2D eigenvalue weighted by Crippen LogP contribution is -2.19. The zero-order valence-electron chi connectivity index (χ0n) is 8.92. The number of carbonyl (C=O) groups excluding carboxylic acids is 1. The average molecular weight is 330 g/mol. The van der Waals surface area contributed by atoms with Crippen LogP contribution < -0.4 is 5.32 Å². The van der Waals surface area contributed by atoms with Gasteiger partial charge >= 0.3 is 0 Å². The van der Waals surface area contributed by atoms with Gasteiger partial charge in [0, 0.05) is 0 Å². The summed E-state index contributed by atoms with van der Waals surface area (Å²) >= 11 is 4.38. The summed E-state index contributed by atoms with van der Waals surface area (Å²) in [5, 5.41) is 29.5. The van der Waals surface area contributed by atoms with E-state index in [0.717, 1.165) is 0 Å². The lowest BCUT2D eigenvalue weighted by molar-refractivity contribution is -0.116. The van der Waals surface area contributed by atoms with Gasteiger partial charge in [-0.25, -0.2) is 0 Å². The number of rotatable bonds is 2. The van der Waals surface area contributed by atoms with Gasteiger partial charge in [-0.15, -0.1) is 5.10 Å². The van der Waals surface area contributed by atoms with Crippen molar-refractivity contribution in [3.05, 3.63) is 22.2 Å². The van der Waals surface area contributed by atoms with Crippen LogP contribution in [0.5, 0.6) is 11.5 Å². The molecule has 0 radical (unpaired) electrons.